The molecule has 2 aliphatic heterocycles. The van der Waals surface area contributed by atoms with Crippen molar-refractivity contribution in [3.05, 3.63) is 66.0 Å². The molecular weight excluding hydrogens is 300 g/mol. The van der Waals surface area contributed by atoms with Crippen LogP contribution in [0, 0.1) is 0 Å². The van der Waals surface area contributed by atoms with Gasteiger partial charge in [0.05, 0.1) is 24.9 Å². The molecule has 1 aromatic heterocycles. The first kappa shape index (κ1) is 15.8. The van der Waals surface area contributed by atoms with E-state index in [4.69, 9.17) is 9.47 Å². The molecule has 2 aliphatic rings. The molecule has 0 bridgehead atoms. The molecule has 0 unspecified atom stereocenters. The van der Waals surface area contributed by atoms with Gasteiger partial charge in [-0.1, -0.05) is 30.3 Å². The van der Waals surface area contributed by atoms with Gasteiger partial charge in [0.2, 0.25) is 0 Å². The highest BCUT2D eigenvalue weighted by molar-refractivity contribution is 5.15. The van der Waals surface area contributed by atoms with Crippen LogP contribution in [-0.2, 0) is 22.6 Å². The first-order chi connectivity index (χ1) is 11.8. The number of rotatable bonds is 5. The van der Waals surface area contributed by atoms with Gasteiger partial charge in [0, 0.05) is 38.4 Å². The van der Waals surface area contributed by atoms with Gasteiger partial charge in [-0.3, -0.25) is 9.88 Å². The Morgan fingerprint density at radius 3 is 2.79 bits per heavy atom. The summed E-state index contributed by atoms with van der Waals surface area (Å²) in [4.78, 5) is 6.54. The summed E-state index contributed by atoms with van der Waals surface area (Å²) in [6.07, 6.45) is 5.93. The van der Waals surface area contributed by atoms with Crippen molar-refractivity contribution in [2.24, 2.45) is 0 Å². The molecule has 2 aromatic rings. The number of ether oxygens (including phenoxy) is 2. The van der Waals surface area contributed by atoms with Crippen molar-refractivity contribution < 1.29 is 9.47 Å². The first-order valence-corrected chi connectivity index (χ1v) is 8.72. The van der Waals surface area contributed by atoms with Crippen molar-refractivity contribution >= 4 is 0 Å². The van der Waals surface area contributed by atoms with Gasteiger partial charge in [-0.15, -0.1) is 0 Å². The first-order valence-electron chi connectivity index (χ1n) is 8.72. The van der Waals surface area contributed by atoms with Crippen molar-refractivity contribution in [3.8, 4) is 0 Å². The third-order valence-electron chi connectivity index (χ3n) is 5.05. The lowest BCUT2D eigenvalue weighted by Crippen LogP contribution is -2.32. The average Bonchev–Trinajstić information content (AvgIpc) is 3.21. The lowest BCUT2D eigenvalue weighted by atomic mass is 9.98. The minimum absolute atomic E-state index is 0.00229. The molecule has 2 fully saturated rings. The van der Waals surface area contributed by atoms with E-state index < -0.39 is 0 Å². The predicted octanol–water partition coefficient (Wildman–Crippen LogP) is 3.03. The second kappa shape index (κ2) is 7.01. The lowest BCUT2D eigenvalue weighted by Gasteiger charge is -2.23. The fraction of sp³-hybridized carbons (Fsp3) is 0.450. The predicted molar refractivity (Wildman–Crippen MR) is 92.5 cm³/mol. The molecule has 0 aliphatic carbocycles. The minimum Gasteiger partial charge on any atom is -0.371 e. The Hall–Kier alpha value is -1.75. The monoisotopic (exact) mass is 324 g/mol. The standard InChI is InChI=1S/C20H24N2O2/c1-2-4-17(5-3-1)13-22-11-8-20(16-22)12-19(15-24-20)23-14-18-6-9-21-10-7-18/h1-7,9-10,19H,8,11-16H2/t19-,20+/m0/s1. The molecule has 1 spiro atoms. The quantitative estimate of drug-likeness (QED) is 0.847. The molecule has 0 N–H and O–H groups in total. The number of nitrogens with zero attached hydrogens (tertiary/aromatic N) is 2. The summed E-state index contributed by atoms with van der Waals surface area (Å²) in [6, 6.07) is 14.7. The van der Waals surface area contributed by atoms with Gasteiger partial charge in [-0.05, 0) is 29.7 Å². The van der Waals surface area contributed by atoms with Crippen LogP contribution in [0.4, 0.5) is 0 Å². The molecule has 1 aromatic carbocycles. The Morgan fingerprint density at radius 2 is 1.96 bits per heavy atom. The van der Waals surface area contributed by atoms with Gasteiger partial charge in [0.1, 0.15) is 0 Å². The van der Waals surface area contributed by atoms with E-state index in [0.717, 1.165) is 32.5 Å². The third-order valence-corrected chi connectivity index (χ3v) is 5.05. The van der Waals surface area contributed by atoms with Gasteiger partial charge in [-0.2, -0.15) is 0 Å². The van der Waals surface area contributed by atoms with Crippen molar-refractivity contribution in [1.29, 1.82) is 0 Å². The van der Waals surface area contributed by atoms with Crippen LogP contribution in [0.5, 0.6) is 0 Å². The fourth-order valence-electron chi connectivity index (χ4n) is 3.79. The smallest absolute Gasteiger partial charge is 0.0847 e. The molecule has 24 heavy (non-hydrogen) atoms. The second-order valence-electron chi connectivity index (χ2n) is 6.93. The molecule has 0 saturated carbocycles. The molecule has 3 heterocycles. The van der Waals surface area contributed by atoms with E-state index in [1.54, 1.807) is 0 Å². The van der Waals surface area contributed by atoms with Crippen LogP contribution < -0.4 is 0 Å². The van der Waals surface area contributed by atoms with Gasteiger partial charge in [0.15, 0.2) is 0 Å². The Morgan fingerprint density at radius 1 is 1.12 bits per heavy atom. The summed E-state index contributed by atoms with van der Waals surface area (Å²) in [6.45, 7) is 4.47. The molecule has 2 saturated heterocycles. The zero-order valence-corrected chi connectivity index (χ0v) is 13.9. The minimum atomic E-state index is -0.00229. The van der Waals surface area contributed by atoms with Crippen LogP contribution in [0.3, 0.4) is 0 Å². The van der Waals surface area contributed by atoms with Crippen LogP contribution in [-0.4, -0.2) is 41.3 Å². The number of hydrogen-bond donors (Lipinski definition) is 0. The zero-order valence-electron chi connectivity index (χ0n) is 13.9. The van der Waals surface area contributed by atoms with Crippen LogP contribution in [0.2, 0.25) is 0 Å². The van der Waals surface area contributed by atoms with E-state index in [-0.39, 0.29) is 11.7 Å². The summed E-state index contributed by atoms with van der Waals surface area (Å²) < 4.78 is 12.2. The molecule has 4 rings (SSSR count). The van der Waals surface area contributed by atoms with Crippen molar-refractivity contribution in [1.82, 2.24) is 9.88 Å². The Kier molecular flexibility index (Phi) is 4.60. The number of hydrogen-bond acceptors (Lipinski definition) is 4. The fourth-order valence-corrected chi connectivity index (χ4v) is 3.79. The zero-order chi connectivity index (χ0) is 16.2. The molecule has 0 amide bonds. The molecule has 0 radical (unpaired) electrons. The highest BCUT2D eigenvalue weighted by atomic mass is 16.6. The summed E-state index contributed by atoms with van der Waals surface area (Å²) in [5.74, 6) is 0. The van der Waals surface area contributed by atoms with Crippen molar-refractivity contribution in [2.45, 2.75) is 37.7 Å². The lowest BCUT2D eigenvalue weighted by molar-refractivity contribution is -0.000429. The summed E-state index contributed by atoms with van der Waals surface area (Å²) in [7, 11) is 0. The summed E-state index contributed by atoms with van der Waals surface area (Å²) >= 11 is 0. The van der Waals surface area contributed by atoms with Crippen LogP contribution >= 0.6 is 0 Å². The Balaban J connectivity index is 1.28. The Labute approximate surface area is 143 Å². The highest BCUT2D eigenvalue weighted by Gasteiger charge is 2.45. The highest BCUT2D eigenvalue weighted by Crippen LogP contribution is 2.36. The van der Waals surface area contributed by atoms with E-state index in [1.807, 2.05) is 24.5 Å². The number of aromatic nitrogens is 1. The average molecular weight is 324 g/mol. The third kappa shape index (κ3) is 3.66. The van der Waals surface area contributed by atoms with Crippen molar-refractivity contribution in [2.75, 3.05) is 19.7 Å². The normalized spacial score (nSPS) is 27.1. The SMILES string of the molecule is c1ccc(CN2CC[C@@]3(C[C@H](OCc4ccncc4)CO3)C2)cc1. The van der Waals surface area contributed by atoms with Crippen LogP contribution in [0.25, 0.3) is 0 Å². The number of likely N-dealkylation sites (tertiary alicyclic amines) is 1. The van der Waals surface area contributed by atoms with Crippen molar-refractivity contribution in [3.63, 3.8) is 0 Å². The summed E-state index contributed by atoms with van der Waals surface area (Å²) in [5.41, 5.74) is 2.54. The maximum absolute atomic E-state index is 6.19. The van der Waals surface area contributed by atoms with E-state index >= 15 is 0 Å². The maximum atomic E-state index is 6.19. The number of benzene rings is 1. The van der Waals surface area contributed by atoms with E-state index in [2.05, 4.69) is 40.2 Å². The second-order valence-corrected chi connectivity index (χ2v) is 6.93. The van der Waals surface area contributed by atoms with Crippen LogP contribution in [0.15, 0.2) is 54.9 Å². The van der Waals surface area contributed by atoms with Gasteiger partial charge in [-0.25, -0.2) is 0 Å². The Bertz CT molecular complexity index is 649. The van der Waals surface area contributed by atoms with Crippen LogP contribution in [0.1, 0.15) is 24.0 Å². The van der Waals surface area contributed by atoms with E-state index in [1.165, 1.54) is 11.1 Å². The van der Waals surface area contributed by atoms with E-state index in [0.29, 0.717) is 13.2 Å². The molecular formula is C20H24N2O2. The summed E-state index contributed by atoms with van der Waals surface area (Å²) in [5, 5.41) is 0. The maximum Gasteiger partial charge on any atom is 0.0847 e. The molecule has 2 atom stereocenters. The largest absolute Gasteiger partial charge is 0.371 e. The number of pyridine rings is 1. The molecule has 4 nitrogen and oxygen atoms in total. The topological polar surface area (TPSA) is 34.6 Å². The molecule has 4 heteroatoms. The van der Waals surface area contributed by atoms with Gasteiger partial charge in [0.25, 0.3) is 0 Å². The van der Waals surface area contributed by atoms with E-state index in [9.17, 15) is 0 Å². The van der Waals surface area contributed by atoms with Gasteiger partial charge < -0.3 is 9.47 Å². The van der Waals surface area contributed by atoms with Gasteiger partial charge >= 0.3 is 0 Å². The molecule has 126 valence electrons.